The van der Waals surface area contributed by atoms with E-state index < -0.39 is 0 Å². The average molecular weight is 227 g/mol. The second-order valence-electron chi connectivity index (χ2n) is 3.29. The summed E-state index contributed by atoms with van der Waals surface area (Å²) in [6.45, 7) is 4.64. The van der Waals surface area contributed by atoms with E-state index in [2.05, 4.69) is 16.0 Å². The predicted octanol–water partition coefficient (Wildman–Crippen LogP) is 2.88. The highest BCUT2D eigenvalue weighted by Crippen LogP contribution is 2.23. The van der Waals surface area contributed by atoms with Gasteiger partial charge in [0.1, 0.15) is 11.5 Å². The lowest BCUT2D eigenvalue weighted by atomic mass is 10.1. The first-order valence-electron chi connectivity index (χ1n) is 4.80. The van der Waals surface area contributed by atoms with E-state index in [0.29, 0.717) is 11.8 Å². The molecule has 1 aromatic rings. The number of nitrogens with zero attached hydrogens (tertiary/aromatic N) is 2. The monoisotopic (exact) mass is 226 g/mol. The Morgan fingerprint density at radius 1 is 1.53 bits per heavy atom. The van der Waals surface area contributed by atoms with Crippen LogP contribution in [0.25, 0.3) is 5.57 Å². The van der Waals surface area contributed by atoms with E-state index in [1.807, 2.05) is 13.8 Å². The Labute approximate surface area is 95.2 Å². The molecule has 0 aliphatic heterocycles. The van der Waals surface area contributed by atoms with Gasteiger partial charge in [-0.05, 0) is 25.8 Å². The average Bonchev–Trinajstić information content (AvgIpc) is 2.18. The summed E-state index contributed by atoms with van der Waals surface area (Å²) in [6.07, 6.45) is 4.43. The molecule has 4 heteroatoms. The topological polar surface area (TPSA) is 35.0 Å². The molecular weight excluding hydrogens is 212 g/mol. The Bertz CT molecular complexity index is 343. The van der Waals surface area contributed by atoms with Crippen molar-refractivity contribution < 1.29 is 4.74 Å². The lowest BCUT2D eigenvalue weighted by molar-refractivity contribution is 0.204. The molecule has 0 aliphatic carbocycles. The van der Waals surface area contributed by atoms with Crippen LogP contribution in [0.2, 0.25) is 5.15 Å². The van der Waals surface area contributed by atoms with Crippen molar-refractivity contribution in [1.82, 2.24) is 9.97 Å². The molecule has 82 valence electrons. The lowest BCUT2D eigenvalue weighted by Crippen LogP contribution is -1.94. The van der Waals surface area contributed by atoms with E-state index in [-0.39, 0.29) is 0 Å². The summed E-state index contributed by atoms with van der Waals surface area (Å²) in [4.78, 5) is 8.09. The molecule has 0 N–H and O–H groups in total. The number of ether oxygens (including phenoxy) is 1. The van der Waals surface area contributed by atoms with Crippen LogP contribution in [0.3, 0.4) is 0 Å². The van der Waals surface area contributed by atoms with Crippen LogP contribution in [-0.4, -0.2) is 23.7 Å². The zero-order valence-corrected chi connectivity index (χ0v) is 10.0. The van der Waals surface area contributed by atoms with Crippen molar-refractivity contribution in [3.05, 3.63) is 28.8 Å². The van der Waals surface area contributed by atoms with Crippen LogP contribution in [0.4, 0.5) is 0 Å². The van der Waals surface area contributed by atoms with E-state index in [9.17, 15) is 0 Å². The van der Waals surface area contributed by atoms with Gasteiger partial charge in [-0.1, -0.05) is 17.7 Å². The third-order valence-electron chi connectivity index (χ3n) is 2.16. The van der Waals surface area contributed by atoms with Crippen LogP contribution in [0.1, 0.15) is 24.6 Å². The largest absolute Gasteiger partial charge is 0.384 e. The summed E-state index contributed by atoms with van der Waals surface area (Å²) < 4.78 is 4.98. The van der Waals surface area contributed by atoms with Crippen molar-refractivity contribution in [2.45, 2.75) is 20.3 Å². The summed E-state index contributed by atoms with van der Waals surface area (Å²) in [5, 5.41) is 0.508. The van der Waals surface area contributed by atoms with Gasteiger partial charge in [-0.3, -0.25) is 0 Å². The van der Waals surface area contributed by atoms with Crippen molar-refractivity contribution in [2.24, 2.45) is 0 Å². The molecule has 0 bridgehead atoms. The summed E-state index contributed by atoms with van der Waals surface area (Å²) in [5.74, 6) is 0. The Hall–Kier alpha value is -0.930. The van der Waals surface area contributed by atoms with E-state index >= 15 is 0 Å². The zero-order valence-electron chi connectivity index (χ0n) is 9.25. The normalized spacial score (nSPS) is 11.9. The molecule has 0 unspecified atom stereocenters. The van der Waals surface area contributed by atoms with Gasteiger partial charge >= 0.3 is 0 Å². The Balaban J connectivity index is 2.90. The number of aromatic nitrogens is 2. The van der Waals surface area contributed by atoms with Gasteiger partial charge in [-0.2, -0.15) is 0 Å². The Kier molecular flexibility index (Phi) is 4.72. The smallest absolute Gasteiger partial charge is 0.140 e. The van der Waals surface area contributed by atoms with Gasteiger partial charge < -0.3 is 4.74 Å². The van der Waals surface area contributed by atoms with Crippen LogP contribution < -0.4 is 0 Å². The fourth-order valence-electron chi connectivity index (χ4n) is 1.39. The summed E-state index contributed by atoms with van der Waals surface area (Å²) >= 11 is 6.01. The van der Waals surface area contributed by atoms with E-state index in [4.69, 9.17) is 16.3 Å². The summed E-state index contributed by atoms with van der Waals surface area (Å²) in [7, 11) is 1.69. The van der Waals surface area contributed by atoms with Crippen LogP contribution in [0, 0.1) is 6.92 Å². The maximum atomic E-state index is 6.01. The Morgan fingerprint density at radius 3 is 2.87 bits per heavy atom. The van der Waals surface area contributed by atoms with Crippen molar-refractivity contribution >= 4 is 17.2 Å². The lowest BCUT2D eigenvalue weighted by Gasteiger charge is -2.06. The number of aryl methyl sites for hydroxylation is 1. The van der Waals surface area contributed by atoms with E-state index in [0.717, 1.165) is 23.3 Å². The minimum atomic E-state index is 0.508. The SMILES string of the molecule is COCC/C=C(/C)c1c(C)ncnc1Cl. The van der Waals surface area contributed by atoms with E-state index in [1.165, 1.54) is 6.33 Å². The molecule has 1 aromatic heterocycles. The standard InChI is InChI=1S/C11H15ClN2O/c1-8(5-4-6-15-3)10-9(2)13-7-14-11(10)12/h5,7H,4,6H2,1-3H3/b8-5-. The molecule has 15 heavy (non-hydrogen) atoms. The molecule has 0 spiro atoms. The third kappa shape index (κ3) is 3.29. The zero-order chi connectivity index (χ0) is 11.3. The quantitative estimate of drug-likeness (QED) is 0.585. The molecule has 0 amide bonds. The number of hydrogen-bond donors (Lipinski definition) is 0. The first kappa shape index (κ1) is 12.1. The van der Waals surface area contributed by atoms with E-state index in [1.54, 1.807) is 7.11 Å². The van der Waals surface area contributed by atoms with Crippen molar-refractivity contribution in [3.63, 3.8) is 0 Å². The van der Waals surface area contributed by atoms with Crippen molar-refractivity contribution in [3.8, 4) is 0 Å². The minimum absolute atomic E-state index is 0.508. The van der Waals surface area contributed by atoms with Gasteiger partial charge in [0, 0.05) is 25.0 Å². The molecule has 0 aliphatic rings. The molecule has 1 rings (SSSR count). The van der Waals surface area contributed by atoms with Gasteiger partial charge in [0.15, 0.2) is 0 Å². The van der Waals surface area contributed by atoms with Gasteiger partial charge in [-0.25, -0.2) is 9.97 Å². The number of methoxy groups -OCH3 is 1. The summed E-state index contributed by atoms with van der Waals surface area (Å²) in [5.41, 5.74) is 2.92. The fraction of sp³-hybridized carbons (Fsp3) is 0.455. The van der Waals surface area contributed by atoms with Crippen LogP contribution in [0.15, 0.2) is 12.4 Å². The molecular formula is C11H15ClN2O. The minimum Gasteiger partial charge on any atom is -0.384 e. The van der Waals surface area contributed by atoms with Gasteiger partial charge in [0.05, 0.1) is 0 Å². The number of allylic oxidation sites excluding steroid dienone is 1. The highest BCUT2D eigenvalue weighted by atomic mass is 35.5. The maximum Gasteiger partial charge on any atom is 0.140 e. The maximum absolute atomic E-state index is 6.01. The molecule has 3 nitrogen and oxygen atoms in total. The molecule has 0 saturated heterocycles. The van der Waals surface area contributed by atoms with Crippen molar-refractivity contribution in [2.75, 3.05) is 13.7 Å². The number of halogens is 1. The fourth-order valence-corrected chi connectivity index (χ4v) is 1.72. The number of hydrogen-bond acceptors (Lipinski definition) is 3. The first-order chi connectivity index (χ1) is 7.16. The molecule has 0 saturated carbocycles. The van der Waals surface area contributed by atoms with Crippen molar-refractivity contribution in [1.29, 1.82) is 0 Å². The molecule has 1 heterocycles. The van der Waals surface area contributed by atoms with Crippen LogP contribution in [0.5, 0.6) is 0 Å². The predicted molar refractivity (Wildman–Crippen MR) is 61.9 cm³/mol. The summed E-state index contributed by atoms with van der Waals surface area (Å²) in [6, 6.07) is 0. The molecule has 0 fully saturated rings. The van der Waals surface area contributed by atoms with Gasteiger partial charge in [0.25, 0.3) is 0 Å². The van der Waals surface area contributed by atoms with Gasteiger partial charge in [-0.15, -0.1) is 0 Å². The molecule has 0 aromatic carbocycles. The van der Waals surface area contributed by atoms with Gasteiger partial charge in [0.2, 0.25) is 0 Å². The highest BCUT2D eigenvalue weighted by Gasteiger charge is 2.07. The Morgan fingerprint density at radius 2 is 2.27 bits per heavy atom. The first-order valence-corrected chi connectivity index (χ1v) is 5.17. The molecule has 0 radical (unpaired) electrons. The molecule has 0 atom stereocenters. The second kappa shape index (κ2) is 5.83. The third-order valence-corrected chi connectivity index (χ3v) is 2.44. The van der Waals surface area contributed by atoms with Crippen LogP contribution in [-0.2, 0) is 4.74 Å². The van der Waals surface area contributed by atoms with Crippen LogP contribution >= 0.6 is 11.6 Å². The second-order valence-corrected chi connectivity index (χ2v) is 3.65. The highest BCUT2D eigenvalue weighted by molar-refractivity contribution is 6.31. The number of rotatable bonds is 4.